The molecule has 22 heavy (non-hydrogen) atoms. The van der Waals surface area contributed by atoms with Gasteiger partial charge in [0.15, 0.2) is 0 Å². The van der Waals surface area contributed by atoms with Gasteiger partial charge in [-0.2, -0.15) is 5.10 Å². The molecule has 0 radical (unpaired) electrons. The van der Waals surface area contributed by atoms with Gasteiger partial charge < -0.3 is 4.90 Å². The summed E-state index contributed by atoms with van der Waals surface area (Å²) in [6.07, 6.45) is 5.52. The fourth-order valence-electron chi connectivity index (χ4n) is 2.92. The number of aryl methyl sites for hydroxylation is 1. The molecule has 0 aliphatic carbocycles. The summed E-state index contributed by atoms with van der Waals surface area (Å²) in [5.41, 5.74) is 1.04. The number of hydrogen-bond donors (Lipinski definition) is 0. The number of halogens is 2. The Morgan fingerprint density at radius 2 is 2.32 bits per heavy atom. The van der Waals surface area contributed by atoms with E-state index in [0.29, 0.717) is 13.1 Å². The summed E-state index contributed by atoms with van der Waals surface area (Å²) in [5.74, 6) is -0.910. The van der Waals surface area contributed by atoms with E-state index in [-0.39, 0.29) is 22.5 Å². The molecule has 1 aromatic heterocycles. The molecule has 0 spiro atoms. The highest BCUT2D eigenvalue weighted by molar-refractivity contribution is 6.33. The van der Waals surface area contributed by atoms with E-state index in [0.717, 1.165) is 18.4 Å². The number of nitrogens with zero attached hydrogens (tertiary/aromatic N) is 3. The van der Waals surface area contributed by atoms with E-state index in [2.05, 4.69) is 5.10 Å². The van der Waals surface area contributed by atoms with E-state index < -0.39 is 5.82 Å². The second kappa shape index (κ2) is 6.08. The van der Waals surface area contributed by atoms with Crippen molar-refractivity contribution >= 4 is 17.5 Å². The zero-order chi connectivity index (χ0) is 15.7. The molecule has 1 fully saturated rings. The number of rotatable bonds is 3. The molecule has 3 rings (SSSR count). The molecule has 1 amide bonds. The average molecular weight is 322 g/mol. The molecule has 1 atom stereocenters. The average Bonchev–Trinajstić information content (AvgIpc) is 3.08. The number of aromatic nitrogens is 2. The van der Waals surface area contributed by atoms with Crippen molar-refractivity contribution in [1.82, 2.24) is 14.7 Å². The molecule has 0 unspecified atom stereocenters. The first kappa shape index (κ1) is 15.0. The number of carbonyl (C=O) groups excluding carboxylic acids is 1. The molecule has 2 heterocycles. The zero-order valence-electron chi connectivity index (χ0n) is 12.3. The molecular formula is C16H17ClFN3O. The molecule has 0 bridgehead atoms. The molecular weight excluding hydrogens is 305 g/mol. The van der Waals surface area contributed by atoms with E-state index in [1.165, 1.54) is 12.1 Å². The van der Waals surface area contributed by atoms with Crippen LogP contribution in [0.1, 0.15) is 28.8 Å². The maximum absolute atomic E-state index is 14.0. The Morgan fingerprint density at radius 1 is 1.50 bits per heavy atom. The molecule has 4 nitrogen and oxygen atoms in total. The molecule has 6 heteroatoms. The molecule has 1 aliphatic rings. The minimum atomic E-state index is -0.571. The molecule has 1 saturated heterocycles. The normalized spacial score (nSPS) is 18.0. The predicted octanol–water partition coefficient (Wildman–Crippen LogP) is 3.29. The molecule has 116 valence electrons. The first-order valence-electron chi connectivity index (χ1n) is 7.30. The Morgan fingerprint density at radius 3 is 3.00 bits per heavy atom. The van der Waals surface area contributed by atoms with E-state index in [4.69, 9.17) is 11.6 Å². The van der Waals surface area contributed by atoms with Crippen LogP contribution in [0.2, 0.25) is 5.02 Å². The van der Waals surface area contributed by atoms with Crippen LogP contribution in [0.5, 0.6) is 0 Å². The highest BCUT2D eigenvalue weighted by Gasteiger charge is 2.32. The highest BCUT2D eigenvalue weighted by atomic mass is 35.5. The molecule has 0 saturated carbocycles. The van der Waals surface area contributed by atoms with Gasteiger partial charge in [-0.15, -0.1) is 0 Å². The fraction of sp³-hybridized carbons (Fsp3) is 0.375. The SMILES string of the molecule is Cc1cnn(C[C@@H]2CCCN2C(=O)c2c(F)cccc2Cl)c1. The van der Waals surface area contributed by atoms with Crippen LogP contribution < -0.4 is 0 Å². The van der Waals surface area contributed by atoms with Gasteiger partial charge in [-0.25, -0.2) is 4.39 Å². The van der Waals surface area contributed by atoms with Crippen molar-refractivity contribution in [3.05, 3.63) is 52.6 Å². The number of hydrogen-bond acceptors (Lipinski definition) is 2. The lowest BCUT2D eigenvalue weighted by atomic mass is 10.1. The van der Waals surface area contributed by atoms with Gasteiger partial charge in [-0.3, -0.25) is 9.48 Å². The summed E-state index contributed by atoms with van der Waals surface area (Å²) in [6.45, 7) is 3.21. The Balaban J connectivity index is 1.82. The van der Waals surface area contributed by atoms with E-state index in [1.54, 1.807) is 17.2 Å². The van der Waals surface area contributed by atoms with E-state index in [1.807, 2.05) is 17.8 Å². The quantitative estimate of drug-likeness (QED) is 0.870. The van der Waals surface area contributed by atoms with Crippen molar-refractivity contribution in [2.24, 2.45) is 0 Å². The Labute approximate surface area is 133 Å². The predicted molar refractivity (Wildman–Crippen MR) is 82.4 cm³/mol. The van der Waals surface area contributed by atoms with Gasteiger partial charge in [0.05, 0.1) is 29.4 Å². The maximum atomic E-state index is 14.0. The third-order valence-electron chi connectivity index (χ3n) is 3.97. The van der Waals surface area contributed by atoms with Crippen LogP contribution in [-0.4, -0.2) is 33.2 Å². The van der Waals surface area contributed by atoms with Crippen LogP contribution in [0.15, 0.2) is 30.6 Å². The van der Waals surface area contributed by atoms with Gasteiger partial charge in [0.25, 0.3) is 5.91 Å². The van der Waals surface area contributed by atoms with Crippen LogP contribution in [0.4, 0.5) is 4.39 Å². The topological polar surface area (TPSA) is 38.1 Å². The summed E-state index contributed by atoms with van der Waals surface area (Å²) in [6, 6.07) is 4.32. The van der Waals surface area contributed by atoms with Crippen molar-refractivity contribution in [2.45, 2.75) is 32.4 Å². The lowest BCUT2D eigenvalue weighted by molar-refractivity contribution is 0.0717. The Hall–Kier alpha value is -1.88. The van der Waals surface area contributed by atoms with Crippen LogP contribution in [0, 0.1) is 12.7 Å². The van der Waals surface area contributed by atoms with Crippen LogP contribution in [0.3, 0.4) is 0 Å². The second-order valence-electron chi connectivity index (χ2n) is 5.63. The van der Waals surface area contributed by atoms with Crippen LogP contribution in [-0.2, 0) is 6.54 Å². The molecule has 1 aliphatic heterocycles. The molecule has 1 aromatic carbocycles. The van der Waals surface area contributed by atoms with Gasteiger partial charge in [0, 0.05) is 12.7 Å². The van der Waals surface area contributed by atoms with Gasteiger partial charge in [-0.05, 0) is 37.5 Å². The summed E-state index contributed by atoms with van der Waals surface area (Å²) in [5, 5.41) is 4.42. The Bertz CT molecular complexity index is 680. The van der Waals surface area contributed by atoms with E-state index >= 15 is 0 Å². The summed E-state index contributed by atoms with van der Waals surface area (Å²) < 4.78 is 15.8. The minimum Gasteiger partial charge on any atom is -0.334 e. The third kappa shape index (κ3) is 2.86. The summed E-state index contributed by atoms with van der Waals surface area (Å²) in [7, 11) is 0. The number of carbonyl (C=O) groups is 1. The monoisotopic (exact) mass is 321 g/mol. The smallest absolute Gasteiger partial charge is 0.258 e. The van der Waals surface area contributed by atoms with Gasteiger partial charge in [0.1, 0.15) is 5.82 Å². The van der Waals surface area contributed by atoms with Gasteiger partial charge in [-0.1, -0.05) is 17.7 Å². The van der Waals surface area contributed by atoms with Crippen LogP contribution >= 0.6 is 11.6 Å². The summed E-state index contributed by atoms with van der Waals surface area (Å²) >= 11 is 6.01. The van der Waals surface area contributed by atoms with Crippen molar-refractivity contribution in [2.75, 3.05) is 6.54 Å². The Kier molecular flexibility index (Phi) is 4.16. The van der Waals surface area contributed by atoms with Crippen LogP contribution in [0.25, 0.3) is 0 Å². The molecule has 0 N–H and O–H groups in total. The van der Waals surface area contributed by atoms with Crippen molar-refractivity contribution in [3.63, 3.8) is 0 Å². The molecule has 2 aromatic rings. The van der Waals surface area contributed by atoms with Gasteiger partial charge >= 0.3 is 0 Å². The number of likely N-dealkylation sites (tertiary alicyclic amines) is 1. The number of amides is 1. The first-order chi connectivity index (χ1) is 10.6. The van der Waals surface area contributed by atoms with Crippen molar-refractivity contribution in [1.29, 1.82) is 0 Å². The van der Waals surface area contributed by atoms with Crippen molar-refractivity contribution in [3.8, 4) is 0 Å². The van der Waals surface area contributed by atoms with E-state index in [9.17, 15) is 9.18 Å². The fourth-order valence-corrected chi connectivity index (χ4v) is 3.17. The van der Waals surface area contributed by atoms with Gasteiger partial charge in [0.2, 0.25) is 0 Å². The third-order valence-corrected chi connectivity index (χ3v) is 4.29. The maximum Gasteiger partial charge on any atom is 0.258 e. The lowest BCUT2D eigenvalue weighted by Crippen LogP contribution is -2.38. The minimum absolute atomic E-state index is 0.0162. The highest BCUT2D eigenvalue weighted by Crippen LogP contribution is 2.26. The first-order valence-corrected chi connectivity index (χ1v) is 7.68. The lowest BCUT2D eigenvalue weighted by Gasteiger charge is -2.25. The number of benzene rings is 1. The standard InChI is InChI=1S/C16H17ClFN3O/c1-11-8-19-20(9-11)10-12-4-3-7-21(12)16(22)15-13(17)5-2-6-14(15)18/h2,5-6,8-9,12H,3-4,7,10H2,1H3/t12-/m0/s1. The second-order valence-corrected chi connectivity index (χ2v) is 6.04. The zero-order valence-corrected chi connectivity index (χ0v) is 13.1. The summed E-state index contributed by atoms with van der Waals surface area (Å²) in [4.78, 5) is 14.4. The van der Waals surface area contributed by atoms with Crippen molar-refractivity contribution < 1.29 is 9.18 Å². The largest absolute Gasteiger partial charge is 0.334 e.